The van der Waals surface area contributed by atoms with E-state index in [1.54, 1.807) is 4.90 Å². The number of nitrogens with zero attached hydrogens (tertiary/aromatic N) is 1. The standard InChI is InChI=1S/C27H36N2O3/c1-19-14-20(2)16-25(15-19)32-18-26(30)29(17-23-11-9-8-10-21(23)3)22(4)27(31)28-24-12-6-5-7-13-24/h8-11,14-16,22,24H,5-7,12-13,17-18H2,1-4H3,(H,28,31)/t22-/m0/s1. The fourth-order valence-electron chi connectivity index (χ4n) is 4.37. The van der Waals surface area contributed by atoms with Crippen molar-refractivity contribution < 1.29 is 14.3 Å². The van der Waals surface area contributed by atoms with Crippen LogP contribution in [0.1, 0.15) is 61.3 Å². The molecule has 0 spiro atoms. The van der Waals surface area contributed by atoms with E-state index in [4.69, 9.17) is 4.74 Å². The number of hydrogen-bond donors (Lipinski definition) is 1. The van der Waals surface area contributed by atoms with E-state index in [0.717, 1.165) is 47.9 Å². The summed E-state index contributed by atoms with van der Waals surface area (Å²) in [7, 11) is 0. The lowest BCUT2D eigenvalue weighted by Crippen LogP contribution is -2.51. The van der Waals surface area contributed by atoms with Gasteiger partial charge in [0.05, 0.1) is 0 Å². The van der Waals surface area contributed by atoms with Crippen molar-refractivity contribution in [2.75, 3.05) is 6.61 Å². The Morgan fingerprint density at radius 2 is 1.69 bits per heavy atom. The molecule has 0 aromatic heterocycles. The van der Waals surface area contributed by atoms with Gasteiger partial charge in [-0.05, 0) is 74.9 Å². The van der Waals surface area contributed by atoms with Crippen molar-refractivity contribution in [3.63, 3.8) is 0 Å². The number of ether oxygens (including phenoxy) is 1. The largest absolute Gasteiger partial charge is 0.484 e. The highest BCUT2D eigenvalue weighted by atomic mass is 16.5. The van der Waals surface area contributed by atoms with Crippen LogP contribution in [0.25, 0.3) is 0 Å². The van der Waals surface area contributed by atoms with Gasteiger partial charge in [-0.25, -0.2) is 0 Å². The van der Waals surface area contributed by atoms with E-state index in [9.17, 15) is 9.59 Å². The Kier molecular flexibility index (Phi) is 8.32. The van der Waals surface area contributed by atoms with Gasteiger partial charge in [0.25, 0.3) is 5.91 Å². The predicted octanol–water partition coefficient (Wildman–Crippen LogP) is 4.86. The zero-order valence-electron chi connectivity index (χ0n) is 19.8. The van der Waals surface area contributed by atoms with Gasteiger partial charge in [0, 0.05) is 12.6 Å². The fourth-order valence-corrected chi connectivity index (χ4v) is 4.37. The Morgan fingerprint density at radius 3 is 2.34 bits per heavy atom. The first kappa shape index (κ1) is 23.8. The van der Waals surface area contributed by atoms with Crippen molar-refractivity contribution >= 4 is 11.8 Å². The number of hydrogen-bond acceptors (Lipinski definition) is 3. The number of amides is 2. The van der Waals surface area contributed by atoms with Crippen LogP contribution in [-0.4, -0.2) is 35.4 Å². The number of rotatable bonds is 8. The average molecular weight is 437 g/mol. The molecule has 3 rings (SSSR count). The maximum absolute atomic E-state index is 13.3. The highest BCUT2D eigenvalue weighted by molar-refractivity contribution is 5.88. The van der Waals surface area contributed by atoms with E-state index >= 15 is 0 Å². The summed E-state index contributed by atoms with van der Waals surface area (Å²) < 4.78 is 5.84. The molecule has 2 aromatic carbocycles. The van der Waals surface area contributed by atoms with Gasteiger partial charge in [-0.2, -0.15) is 0 Å². The zero-order valence-corrected chi connectivity index (χ0v) is 19.8. The molecule has 32 heavy (non-hydrogen) atoms. The molecule has 1 saturated carbocycles. The molecule has 1 aliphatic rings. The Labute approximate surface area is 192 Å². The third kappa shape index (κ3) is 6.59. The molecule has 2 aromatic rings. The van der Waals surface area contributed by atoms with Crippen LogP contribution in [-0.2, 0) is 16.1 Å². The smallest absolute Gasteiger partial charge is 0.261 e. The Hall–Kier alpha value is -2.82. The molecule has 0 saturated heterocycles. The van der Waals surface area contributed by atoms with E-state index in [-0.39, 0.29) is 24.5 Å². The van der Waals surface area contributed by atoms with E-state index in [1.165, 1.54) is 6.42 Å². The number of carbonyl (C=O) groups excluding carboxylic acids is 2. The third-order valence-electron chi connectivity index (χ3n) is 6.28. The monoisotopic (exact) mass is 436 g/mol. The van der Waals surface area contributed by atoms with Crippen molar-refractivity contribution in [2.45, 2.75) is 78.4 Å². The van der Waals surface area contributed by atoms with Gasteiger partial charge in [0.2, 0.25) is 5.91 Å². The third-order valence-corrected chi connectivity index (χ3v) is 6.28. The molecule has 1 N–H and O–H groups in total. The Balaban J connectivity index is 1.73. The van der Waals surface area contributed by atoms with E-state index in [1.807, 2.05) is 64.1 Å². The quantitative estimate of drug-likeness (QED) is 0.643. The van der Waals surface area contributed by atoms with Crippen LogP contribution < -0.4 is 10.1 Å². The second-order valence-corrected chi connectivity index (χ2v) is 9.08. The normalized spacial score (nSPS) is 15.1. The maximum Gasteiger partial charge on any atom is 0.261 e. The predicted molar refractivity (Wildman–Crippen MR) is 128 cm³/mol. The second kappa shape index (κ2) is 11.2. The van der Waals surface area contributed by atoms with Crippen LogP contribution in [0, 0.1) is 20.8 Å². The van der Waals surface area contributed by atoms with Gasteiger partial charge in [-0.15, -0.1) is 0 Å². The van der Waals surface area contributed by atoms with Crippen LogP contribution in [0.4, 0.5) is 0 Å². The molecular weight excluding hydrogens is 400 g/mol. The summed E-state index contributed by atoms with van der Waals surface area (Å²) in [5.74, 6) is 0.384. The molecule has 0 aliphatic heterocycles. The Morgan fingerprint density at radius 1 is 1.03 bits per heavy atom. The molecule has 1 aliphatic carbocycles. The van der Waals surface area contributed by atoms with Crippen molar-refractivity contribution in [3.05, 3.63) is 64.7 Å². The van der Waals surface area contributed by atoms with Crippen LogP contribution in [0.3, 0.4) is 0 Å². The second-order valence-electron chi connectivity index (χ2n) is 9.08. The molecule has 0 radical (unpaired) electrons. The average Bonchev–Trinajstić information content (AvgIpc) is 2.76. The number of benzene rings is 2. The molecule has 1 atom stereocenters. The van der Waals surface area contributed by atoms with Gasteiger partial charge in [0.15, 0.2) is 6.61 Å². The molecule has 0 heterocycles. The van der Waals surface area contributed by atoms with Crippen molar-refractivity contribution in [1.82, 2.24) is 10.2 Å². The minimum Gasteiger partial charge on any atom is -0.484 e. The highest BCUT2D eigenvalue weighted by Gasteiger charge is 2.28. The summed E-state index contributed by atoms with van der Waals surface area (Å²) >= 11 is 0. The first-order valence-corrected chi connectivity index (χ1v) is 11.7. The molecule has 172 valence electrons. The van der Waals surface area contributed by atoms with Crippen molar-refractivity contribution in [2.24, 2.45) is 0 Å². The van der Waals surface area contributed by atoms with E-state index in [2.05, 4.69) is 11.4 Å². The lowest BCUT2D eigenvalue weighted by atomic mass is 9.95. The van der Waals surface area contributed by atoms with Gasteiger partial charge in [-0.1, -0.05) is 49.6 Å². The summed E-state index contributed by atoms with van der Waals surface area (Å²) in [5, 5.41) is 3.17. The molecular formula is C27H36N2O3. The van der Waals surface area contributed by atoms with Crippen LogP contribution in [0.2, 0.25) is 0 Å². The summed E-state index contributed by atoms with van der Waals surface area (Å²) in [6.45, 7) is 8.12. The maximum atomic E-state index is 13.3. The molecule has 0 bridgehead atoms. The highest BCUT2D eigenvalue weighted by Crippen LogP contribution is 2.20. The molecule has 5 nitrogen and oxygen atoms in total. The zero-order chi connectivity index (χ0) is 23.1. The van der Waals surface area contributed by atoms with Gasteiger partial charge >= 0.3 is 0 Å². The number of carbonyl (C=O) groups is 2. The first-order valence-electron chi connectivity index (χ1n) is 11.7. The van der Waals surface area contributed by atoms with Crippen molar-refractivity contribution in [3.8, 4) is 5.75 Å². The van der Waals surface area contributed by atoms with Crippen LogP contribution in [0.15, 0.2) is 42.5 Å². The summed E-state index contributed by atoms with van der Waals surface area (Å²) in [6, 6.07) is 13.5. The number of aryl methyl sites for hydroxylation is 3. The minimum absolute atomic E-state index is 0.0924. The number of nitrogens with one attached hydrogen (secondary N) is 1. The molecule has 2 amide bonds. The lowest BCUT2D eigenvalue weighted by Gasteiger charge is -2.31. The Bertz CT molecular complexity index is 914. The topological polar surface area (TPSA) is 58.6 Å². The SMILES string of the molecule is Cc1cc(C)cc(OCC(=O)N(Cc2ccccc2C)[C@@H](C)C(=O)NC2CCCCC2)c1. The summed E-state index contributed by atoms with van der Waals surface area (Å²) in [5.41, 5.74) is 4.30. The van der Waals surface area contributed by atoms with Gasteiger partial charge in [-0.3, -0.25) is 9.59 Å². The lowest BCUT2D eigenvalue weighted by molar-refractivity contribution is -0.142. The molecule has 1 fully saturated rings. The molecule has 5 heteroatoms. The summed E-state index contributed by atoms with van der Waals surface area (Å²) in [4.78, 5) is 28.0. The van der Waals surface area contributed by atoms with E-state index in [0.29, 0.717) is 12.3 Å². The van der Waals surface area contributed by atoms with Crippen molar-refractivity contribution in [1.29, 1.82) is 0 Å². The van der Waals surface area contributed by atoms with Crippen LogP contribution >= 0.6 is 0 Å². The molecule has 0 unspecified atom stereocenters. The first-order chi connectivity index (χ1) is 15.3. The summed E-state index contributed by atoms with van der Waals surface area (Å²) in [6.07, 6.45) is 5.56. The van der Waals surface area contributed by atoms with Gasteiger partial charge < -0.3 is 15.0 Å². The fraction of sp³-hybridized carbons (Fsp3) is 0.481. The van der Waals surface area contributed by atoms with E-state index < -0.39 is 6.04 Å². The van der Waals surface area contributed by atoms with Gasteiger partial charge in [0.1, 0.15) is 11.8 Å². The minimum atomic E-state index is -0.577. The van der Waals surface area contributed by atoms with Crippen LogP contribution in [0.5, 0.6) is 5.75 Å².